The van der Waals surface area contributed by atoms with E-state index in [9.17, 15) is 9.18 Å². The van der Waals surface area contributed by atoms with Gasteiger partial charge in [0.1, 0.15) is 5.82 Å². The molecule has 2 N–H and O–H groups in total. The average Bonchev–Trinajstić information content (AvgIpc) is 2.35. The molecule has 20 heavy (non-hydrogen) atoms. The number of carbonyl (C=O) groups excluding carboxylic acids is 1. The molecule has 0 fully saturated rings. The lowest BCUT2D eigenvalue weighted by Crippen LogP contribution is -2.21. The number of benzene rings is 2. The molecule has 0 unspecified atom stereocenters. The molecule has 4 heteroatoms. The van der Waals surface area contributed by atoms with Crippen molar-refractivity contribution in [1.82, 2.24) is 0 Å². The topological polar surface area (TPSA) is 41.1 Å². The van der Waals surface area contributed by atoms with Crippen molar-refractivity contribution in [3.05, 3.63) is 59.4 Å². The number of halogens is 1. The second kappa shape index (κ2) is 6.19. The fraction of sp³-hybridized carbons (Fsp3) is 0.188. The van der Waals surface area contributed by atoms with Gasteiger partial charge in [0.05, 0.1) is 6.54 Å². The quantitative estimate of drug-likeness (QED) is 0.894. The third-order valence-corrected chi connectivity index (χ3v) is 2.78. The number of aryl methyl sites for hydroxylation is 2. The number of hydrogen-bond acceptors (Lipinski definition) is 2. The van der Waals surface area contributed by atoms with Crippen molar-refractivity contribution in [3.63, 3.8) is 0 Å². The highest BCUT2D eigenvalue weighted by atomic mass is 19.1. The highest BCUT2D eigenvalue weighted by molar-refractivity contribution is 5.93. The number of nitrogens with one attached hydrogen (secondary N) is 2. The molecule has 0 aromatic heterocycles. The Labute approximate surface area is 117 Å². The molecule has 0 heterocycles. The van der Waals surface area contributed by atoms with Crippen LogP contribution in [0.5, 0.6) is 0 Å². The molecule has 0 atom stereocenters. The van der Waals surface area contributed by atoms with E-state index in [-0.39, 0.29) is 18.3 Å². The van der Waals surface area contributed by atoms with Gasteiger partial charge in [0.25, 0.3) is 0 Å². The van der Waals surface area contributed by atoms with E-state index in [1.807, 2.05) is 32.0 Å². The van der Waals surface area contributed by atoms with E-state index in [0.29, 0.717) is 5.69 Å². The molecule has 0 aliphatic carbocycles. The molecule has 0 saturated carbocycles. The van der Waals surface area contributed by atoms with Gasteiger partial charge in [-0.15, -0.1) is 0 Å². The number of amides is 1. The van der Waals surface area contributed by atoms with Crippen LogP contribution in [0.2, 0.25) is 0 Å². The van der Waals surface area contributed by atoms with Crippen LogP contribution in [0.15, 0.2) is 42.5 Å². The summed E-state index contributed by atoms with van der Waals surface area (Å²) in [5.74, 6) is -0.496. The Morgan fingerprint density at radius 2 is 1.75 bits per heavy atom. The molecule has 0 saturated heterocycles. The second-order valence-electron chi connectivity index (χ2n) is 4.79. The molecule has 0 spiro atoms. The Morgan fingerprint density at radius 3 is 2.40 bits per heavy atom. The minimum atomic E-state index is -0.329. The molecule has 2 rings (SSSR count). The van der Waals surface area contributed by atoms with Crippen molar-refractivity contribution in [3.8, 4) is 0 Å². The molecule has 0 bridgehead atoms. The summed E-state index contributed by atoms with van der Waals surface area (Å²) in [5.41, 5.74) is 3.55. The Bertz CT molecular complexity index is 605. The lowest BCUT2D eigenvalue weighted by Gasteiger charge is -2.09. The third-order valence-electron chi connectivity index (χ3n) is 2.78. The van der Waals surface area contributed by atoms with Crippen LogP contribution in [0.3, 0.4) is 0 Å². The van der Waals surface area contributed by atoms with E-state index >= 15 is 0 Å². The summed E-state index contributed by atoms with van der Waals surface area (Å²) < 4.78 is 13.0. The van der Waals surface area contributed by atoms with E-state index < -0.39 is 0 Å². The van der Waals surface area contributed by atoms with Crippen molar-refractivity contribution in [2.45, 2.75) is 13.8 Å². The Morgan fingerprint density at radius 1 is 1.05 bits per heavy atom. The first-order valence-corrected chi connectivity index (χ1v) is 6.40. The van der Waals surface area contributed by atoms with Crippen molar-refractivity contribution in [2.75, 3.05) is 17.2 Å². The largest absolute Gasteiger partial charge is 0.376 e. The van der Waals surface area contributed by atoms with Crippen LogP contribution in [0, 0.1) is 19.7 Å². The molecule has 1 amide bonds. The van der Waals surface area contributed by atoms with E-state index in [1.165, 1.54) is 12.1 Å². The lowest BCUT2D eigenvalue weighted by atomic mass is 10.1. The summed E-state index contributed by atoms with van der Waals surface area (Å²) in [6, 6.07) is 11.9. The van der Waals surface area contributed by atoms with Gasteiger partial charge in [-0.25, -0.2) is 4.39 Å². The van der Waals surface area contributed by atoms with E-state index in [1.54, 1.807) is 12.1 Å². The summed E-state index contributed by atoms with van der Waals surface area (Å²) >= 11 is 0. The number of carbonyl (C=O) groups is 1. The summed E-state index contributed by atoms with van der Waals surface area (Å²) in [4.78, 5) is 11.8. The van der Waals surface area contributed by atoms with Gasteiger partial charge in [-0.1, -0.05) is 12.1 Å². The highest BCUT2D eigenvalue weighted by Crippen LogP contribution is 2.14. The van der Waals surface area contributed by atoms with Crippen LogP contribution in [-0.4, -0.2) is 12.5 Å². The third kappa shape index (κ3) is 4.09. The normalized spacial score (nSPS) is 10.2. The molecule has 0 aliphatic rings. The van der Waals surface area contributed by atoms with Gasteiger partial charge in [-0.2, -0.15) is 0 Å². The van der Waals surface area contributed by atoms with Gasteiger partial charge in [-0.05, 0) is 55.3 Å². The van der Waals surface area contributed by atoms with Crippen molar-refractivity contribution < 1.29 is 9.18 Å². The molecule has 104 valence electrons. The molecule has 0 aliphatic heterocycles. The first kappa shape index (κ1) is 14.1. The van der Waals surface area contributed by atoms with E-state index in [2.05, 4.69) is 10.6 Å². The summed E-state index contributed by atoms with van der Waals surface area (Å²) in [6.45, 7) is 4.05. The number of rotatable bonds is 4. The zero-order chi connectivity index (χ0) is 14.5. The predicted molar refractivity (Wildman–Crippen MR) is 79.4 cm³/mol. The maximum atomic E-state index is 13.0. The van der Waals surface area contributed by atoms with Crippen LogP contribution in [0.25, 0.3) is 0 Å². The zero-order valence-electron chi connectivity index (χ0n) is 11.5. The standard InChI is InChI=1S/C16H17FN2O/c1-11-6-12(2)8-15(7-11)19-16(20)10-18-14-5-3-4-13(17)9-14/h3-9,18H,10H2,1-2H3,(H,19,20). The minimum absolute atomic E-state index is 0.0937. The van der Waals surface area contributed by atoms with Gasteiger partial charge < -0.3 is 10.6 Å². The van der Waals surface area contributed by atoms with Crippen LogP contribution >= 0.6 is 0 Å². The van der Waals surface area contributed by atoms with Gasteiger partial charge in [-0.3, -0.25) is 4.79 Å². The van der Waals surface area contributed by atoms with Gasteiger partial charge >= 0.3 is 0 Å². The molecule has 3 nitrogen and oxygen atoms in total. The predicted octanol–water partition coefficient (Wildman–Crippen LogP) is 3.49. The zero-order valence-corrected chi connectivity index (χ0v) is 11.5. The van der Waals surface area contributed by atoms with Crippen LogP contribution in [0.4, 0.5) is 15.8 Å². The average molecular weight is 272 g/mol. The number of anilines is 2. The smallest absolute Gasteiger partial charge is 0.243 e. The van der Waals surface area contributed by atoms with Crippen molar-refractivity contribution in [1.29, 1.82) is 0 Å². The fourth-order valence-electron chi connectivity index (χ4n) is 2.03. The molecule has 2 aromatic carbocycles. The van der Waals surface area contributed by atoms with Crippen LogP contribution < -0.4 is 10.6 Å². The minimum Gasteiger partial charge on any atom is -0.376 e. The molecular weight excluding hydrogens is 255 g/mol. The van der Waals surface area contributed by atoms with Crippen molar-refractivity contribution in [2.24, 2.45) is 0 Å². The van der Waals surface area contributed by atoms with E-state index in [0.717, 1.165) is 16.8 Å². The summed E-state index contributed by atoms with van der Waals surface area (Å²) in [7, 11) is 0. The molecule has 2 aromatic rings. The lowest BCUT2D eigenvalue weighted by molar-refractivity contribution is -0.114. The second-order valence-corrected chi connectivity index (χ2v) is 4.79. The summed E-state index contributed by atoms with van der Waals surface area (Å²) in [6.07, 6.45) is 0. The van der Waals surface area contributed by atoms with E-state index in [4.69, 9.17) is 0 Å². The maximum absolute atomic E-state index is 13.0. The number of hydrogen-bond donors (Lipinski definition) is 2. The monoisotopic (exact) mass is 272 g/mol. The maximum Gasteiger partial charge on any atom is 0.243 e. The van der Waals surface area contributed by atoms with Gasteiger partial charge in [0, 0.05) is 11.4 Å². The van der Waals surface area contributed by atoms with Gasteiger partial charge in [0.2, 0.25) is 5.91 Å². The highest BCUT2D eigenvalue weighted by Gasteiger charge is 2.03. The molecule has 0 radical (unpaired) electrons. The van der Waals surface area contributed by atoms with Crippen LogP contribution in [-0.2, 0) is 4.79 Å². The molecular formula is C16H17FN2O. The Balaban J connectivity index is 1.92. The summed E-state index contributed by atoms with van der Waals surface area (Å²) in [5, 5.41) is 5.70. The first-order chi connectivity index (χ1) is 9.52. The fourth-order valence-corrected chi connectivity index (χ4v) is 2.03. The first-order valence-electron chi connectivity index (χ1n) is 6.40. The Kier molecular flexibility index (Phi) is 4.35. The van der Waals surface area contributed by atoms with Gasteiger partial charge in [0.15, 0.2) is 0 Å². The SMILES string of the molecule is Cc1cc(C)cc(NC(=O)CNc2cccc(F)c2)c1. The van der Waals surface area contributed by atoms with Crippen LogP contribution in [0.1, 0.15) is 11.1 Å². The Hall–Kier alpha value is -2.36. The van der Waals surface area contributed by atoms with Crippen molar-refractivity contribution >= 4 is 17.3 Å².